The zero-order valence-corrected chi connectivity index (χ0v) is 7.58. The molecule has 11 heavy (non-hydrogen) atoms. The third-order valence-corrected chi connectivity index (χ3v) is 3.79. The Labute approximate surface area is 69.1 Å². The molecule has 2 saturated heterocycles. The summed E-state index contributed by atoms with van der Waals surface area (Å²) in [6.45, 7) is 0. The van der Waals surface area contributed by atoms with Gasteiger partial charge in [-0.2, -0.15) is 0 Å². The molecule has 2 heterocycles. The number of quaternary nitrogens is 1. The molecular weight excluding hydrogens is 138 g/mol. The van der Waals surface area contributed by atoms with Gasteiger partial charge in [-0.25, -0.2) is 0 Å². The van der Waals surface area contributed by atoms with E-state index in [1.807, 2.05) is 0 Å². The van der Waals surface area contributed by atoms with Crippen LogP contribution in [0.15, 0.2) is 0 Å². The summed E-state index contributed by atoms with van der Waals surface area (Å²) >= 11 is 0. The van der Waals surface area contributed by atoms with Gasteiger partial charge in [0.25, 0.3) is 0 Å². The SMILES string of the molecule is C[N+]1(C)C2CCCC1CC2.[OH-]. The molecule has 0 saturated carbocycles. The van der Waals surface area contributed by atoms with E-state index in [1.165, 1.54) is 36.6 Å². The molecule has 0 aliphatic carbocycles. The summed E-state index contributed by atoms with van der Waals surface area (Å²) in [5, 5.41) is 0. The average Bonchev–Trinajstić information content (AvgIpc) is 2.17. The van der Waals surface area contributed by atoms with E-state index in [0.29, 0.717) is 0 Å². The largest absolute Gasteiger partial charge is 0.870 e. The lowest BCUT2D eigenvalue weighted by Gasteiger charge is -2.41. The zero-order valence-electron chi connectivity index (χ0n) is 7.58. The summed E-state index contributed by atoms with van der Waals surface area (Å²) in [5.74, 6) is 0. The molecule has 2 nitrogen and oxygen atoms in total. The first-order chi connectivity index (χ1) is 4.71. The molecule has 0 amide bonds. The lowest BCUT2D eigenvalue weighted by molar-refractivity contribution is -0.930. The van der Waals surface area contributed by atoms with Crippen LogP contribution in [0, 0.1) is 0 Å². The fourth-order valence-electron chi connectivity index (χ4n) is 2.89. The second-order valence-corrected chi connectivity index (χ2v) is 4.44. The predicted molar refractivity (Wildman–Crippen MR) is 44.7 cm³/mol. The maximum atomic E-state index is 2.42. The second-order valence-electron chi connectivity index (χ2n) is 4.44. The van der Waals surface area contributed by atoms with Crippen molar-refractivity contribution < 1.29 is 9.96 Å². The summed E-state index contributed by atoms with van der Waals surface area (Å²) in [6.07, 6.45) is 7.47. The van der Waals surface area contributed by atoms with Gasteiger partial charge in [0.2, 0.25) is 0 Å². The van der Waals surface area contributed by atoms with Crippen molar-refractivity contribution in [3.05, 3.63) is 0 Å². The van der Waals surface area contributed by atoms with E-state index < -0.39 is 0 Å². The summed E-state index contributed by atoms with van der Waals surface area (Å²) in [7, 11) is 4.84. The summed E-state index contributed by atoms with van der Waals surface area (Å²) < 4.78 is 1.33. The number of rotatable bonds is 0. The van der Waals surface area contributed by atoms with E-state index in [-0.39, 0.29) is 5.48 Å². The number of hydrogen-bond donors (Lipinski definition) is 0. The maximum Gasteiger partial charge on any atom is 0.0890 e. The molecular formula is C9H19NO. The standard InChI is InChI=1S/C9H18N.H2O/c1-10(2)8-4-3-5-9(10)7-6-8;/h8-9H,3-7H2,1-2H3;1H2/q+1;/p-1. The molecule has 2 aliphatic rings. The van der Waals surface area contributed by atoms with Crippen molar-refractivity contribution in [3.63, 3.8) is 0 Å². The van der Waals surface area contributed by atoms with Crippen LogP contribution in [0.2, 0.25) is 0 Å². The quantitative estimate of drug-likeness (QED) is 0.491. The first-order valence-electron chi connectivity index (χ1n) is 4.54. The van der Waals surface area contributed by atoms with Crippen molar-refractivity contribution in [2.75, 3.05) is 14.1 Å². The highest BCUT2D eigenvalue weighted by Gasteiger charge is 2.45. The van der Waals surface area contributed by atoms with Gasteiger partial charge in [0.1, 0.15) is 0 Å². The molecule has 0 aromatic heterocycles. The third kappa shape index (κ3) is 1.18. The van der Waals surface area contributed by atoms with Gasteiger partial charge in [-0.1, -0.05) is 0 Å². The van der Waals surface area contributed by atoms with Crippen LogP contribution in [0.3, 0.4) is 0 Å². The van der Waals surface area contributed by atoms with E-state index in [2.05, 4.69) is 14.1 Å². The molecule has 0 aromatic rings. The number of nitrogens with zero attached hydrogens (tertiary/aromatic N) is 1. The molecule has 2 rings (SSSR count). The monoisotopic (exact) mass is 157 g/mol. The van der Waals surface area contributed by atoms with Crippen LogP contribution in [-0.4, -0.2) is 36.1 Å². The molecule has 66 valence electrons. The van der Waals surface area contributed by atoms with E-state index in [1.54, 1.807) is 0 Å². The van der Waals surface area contributed by atoms with E-state index in [4.69, 9.17) is 0 Å². The Bertz CT molecular complexity index is 126. The maximum absolute atomic E-state index is 2.42. The molecule has 0 spiro atoms. The van der Waals surface area contributed by atoms with Crippen LogP contribution in [0.5, 0.6) is 0 Å². The van der Waals surface area contributed by atoms with E-state index >= 15 is 0 Å². The van der Waals surface area contributed by atoms with Crippen LogP contribution >= 0.6 is 0 Å². The Morgan fingerprint density at radius 3 is 1.73 bits per heavy atom. The highest BCUT2D eigenvalue weighted by atomic mass is 16.0. The Morgan fingerprint density at radius 2 is 1.36 bits per heavy atom. The normalized spacial score (nSPS) is 39.8. The molecule has 2 bridgehead atoms. The van der Waals surface area contributed by atoms with Crippen LogP contribution in [-0.2, 0) is 0 Å². The molecule has 2 heteroatoms. The first kappa shape index (κ1) is 9.01. The fourth-order valence-corrected chi connectivity index (χ4v) is 2.89. The van der Waals surface area contributed by atoms with Gasteiger partial charge < -0.3 is 9.96 Å². The van der Waals surface area contributed by atoms with Gasteiger partial charge in [0.15, 0.2) is 0 Å². The number of hydrogen-bond acceptors (Lipinski definition) is 1. The van der Waals surface area contributed by atoms with Crippen molar-refractivity contribution in [1.29, 1.82) is 0 Å². The lowest BCUT2D eigenvalue weighted by Crippen LogP contribution is -2.52. The van der Waals surface area contributed by atoms with Crippen molar-refractivity contribution in [3.8, 4) is 0 Å². The highest BCUT2D eigenvalue weighted by molar-refractivity contribution is 4.79. The van der Waals surface area contributed by atoms with Crippen molar-refractivity contribution in [1.82, 2.24) is 0 Å². The van der Waals surface area contributed by atoms with Crippen LogP contribution in [0.25, 0.3) is 0 Å². The van der Waals surface area contributed by atoms with E-state index in [0.717, 1.165) is 12.1 Å². The Balaban J connectivity index is 0.000000605. The number of fused-ring (bicyclic) bond motifs is 2. The third-order valence-electron chi connectivity index (χ3n) is 3.79. The minimum Gasteiger partial charge on any atom is -0.870 e. The average molecular weight is 157 g/mol. The van der Waals surface area contributed by atoms with Crippen LogP contribution < -0.4 is 0 Å². The smallest absolute Gasteiger partial charge is 0.0890 e. The summed E-state index contributed by atoms with van der Waals surface area (Å²) in [6, 6.07) is 2.03. The zero-order chi connectivity index (χ0) is 7.19. The van der Waals surface area contributed by atoms with E-state index in [9.17, 15) is 0 Å². The van der Waals surface area contributed by atoms with Gasteiger partial charge in [-0.3, -0.25) is 0 Å². The van der Waals surface area contributed by atoms with Gasteiger partial charge in [0, 0.05) is 12.8 Å². The topological polar surface area (TPSA) is 30.0 Å². The molecule has 1 N–H and O–H groups in total. The van der Waals surface area contributed by atoms with Gasteiger partial charge in [-0.05, 0) is 19.3 Å². The molecule has 2 fully saturated rings. The van der Waals surface area contributed by atoms with Crippen molar-refractivity contribution in [2.45, 2.75) is 44.2 Å². The fraction of sp³-hybridized carbons (Fsp3) is 1.00. The van der Waals surface area contributed by atoms with Gasteiger partial charge >= 0.3 is 0 Å². The Hall–Kier alpha value is -0.0800. The van der Waals surface area contributed by atoms with Crippen LogP contribution in [0.4, 0.5) is 0 Å². The van der Waals surface area contributed by atoms with Crippen molar-refractivity contribution in [2.24, 2.45) is 0 Å². The minimum atomic E-state index is 0. The second kappa shape index (κ2) is 2.76. The van der Waals surface area contributed by atoms with Crippen molar-refractivity contribution >= 4 is 0 Å². The minimum absolute atomic E-state index is 0. The Morgan fingerprint density at radius 1 is 0.909 bits per heavy atom. The summed E-state index contributed by atoms with van der Waals surface area (Å²) in [5.41, 5.74) is 0. The predicted octanol–water partition coefficient (Wildman–Crippen LogP) is 1.60. The molecule has 2 atom stereocenters. The highest BCUT2D eigenvalue weighted by Crippen LogP contribution is 2.39. The molecule has 0 aromatic carbocycles. The molecule has 0 radical (unpaired) electrons. The van der Waals surface area contributed by atoms with Gasteiger partial charge in [0.05, 0.1) is 26.2 Å². The first-order valence-corrected chi connectivity index (χ1v) is 4.54. The van der Waals surface area contributed by atoms with Crippen LogP contribution in [0.1, 0.15) is 32.1 Å². The number of piperidine rings is 1. The lowest BCUT2D eigenvalue weighted by atomic mass is 10.0. The summed E-state index contributed by atoms with van der Waals surface area (Å²) in [4.78, 5) is 0. The Kier molecular flexibility index (Phi) is 2.26. The molecule has 2 unspecified atom stereocenters. The molecule has 2 aliphatic heterocycles. The van der Waals surface area contributed by atoms with Gasteiger partial charge in [-0.15, -0.1) is 0 Å².